The van der Waals surface area contributed by atoms with Gasteiger partial charge in [0.25, 0.3) is 5.91 Å². The van der Waals surface area contributed by atoms with Crippen LogP contribution in [-0.4, -0.2) is 66.9 Å². The minimum absolute atomic E-state index is 0.0788. The van der Waals surface area contributed by atoms with Crippen LogP contribution in [0.2, 0.25) is 0 Å². The fourth-order valence-corrected chi connectivity index (χ4v) is 4.41. The molecule has 0 saturated carbocycles. The van der Waals surface area contributed by atoms with E-state index < -0.39 is 17.6 Å². The Balaban J connectivity index is 1.65. The third-order valence-corrected chi connectivity index (χ3v) is 6.77. The summed E-state index contributed by atoms with van der Waals surface area (Å²) < 4.78 is 44.9. The monoisotopic (exact) mass is 582 g/mol. The molecule has 3 aromatic rings. The number of anilines is 3. The molecule has 0 radical (unpaired) electrons. The molecule has 1 fully saturated rings. The van der Waals surface area contributed by atoms with E-state index in [1.807, 2.05) is 0 Å². The molecule has 2 heterocycles. The number of ether oxygens (including phenoxy) is 1. The summed E-state index contributed by atoms with van der Waals surface area (Å²) >= 11 is 0. The molecule has 4 rings (SSSR count). The summed E-state index contributed by atoms with van der Waals surface area (Å²) in [5.74, 6) is 0.0408. The average molecular weight is 583 g/mol. The summed E-state index contributed by atoms with van der Waals surface area (Å²) in [5, 5.41) is 5.49. The Morgan fingerprint density at radius 1 is 1.14 bits per heavy atom. The number of amides is 1. The lowest BCUT2D eigenvalue weighted by atomic mass is 10.1. The van der Waals surface area contributed by atoms with E-state index in [1.165, 1.54) is 19.4 Å². The highest BCUT2D eigenvalue weighted by Crippen LogP contribution is 2.35. The number of nitrogens with two attached hydrogens (primary N) is 1. The van der Waals surface area contributed by atoms with Crippen molar-refractivity contribution in [2.45, 2.75) is 19.5 Å². The number of halogens is 3. The quantitative estimate of drug-likeness (QED) is 0.256. The van der Waals surface area contributed by atoms with Crippen LogP contribution >= 0.6 is 0 Å². The van der Waals surface area contributed by atoms with Crippen LogP contribution in [0, 0.1) is 6.92 Å². The zero-order valence-corrected chi connectivity index (χ0v) is 23.6. The third kappa shape index (κ3) is 7.16. The second-order valence-electron chi connectivity index (χ2n) is 9.79. The number of aryl methyl sites for hydroxylation is 1. The van der Waals surface area contributed by atoms with Gasteiger partial charge in [-0.2, -0.15) is 13.2 Å². The lowest BCUT2D eigenvalue weighted by molar-refractivity contribution is -0.137. The minimum Gasteiger partial charge on any atom is -0.495 e. The van der Waals surface area contributed by atoms with Crippen molar-refractivity contribution >= 4 is 34.8 Å². The zero-order valence-electron chi connectivity index (χ0n) is 23.6. The first kappa shape index (κ1) is 30.3. The summed E-state index contributed by atoms with van der Waals surface area (Å²) in [5.41, 5.74) is 7.56. The van der Waals surface area contributed by atoms with E-state index in [9.17, 15) is 18.0 Å². The minimum atomic E-state index is -4.58. The van der Waals surface area contributed by atoms with Crippen molar-refractivity contribution in [1.29, 1.82) is 0 Å². The summed E-state index contributed by atoms with van der Waals surface area (Å²) in [6.45, 7) is 8.90. The smallest absolute Gasteiger partial charge is 0.416 e. The Kier molecular flexibility index (Phi) is 9.31. The van der Waals surface area contributed by atoms with Crippen molar-refractivity contribution in [3.63, 3.8) is 0 Å². The van der Waals surface area contributed by atoms with Gasteiger partial charge < -0.3 is 30.9 Å². The number of carbonyl (C=O) groups excluding carboxylic acids is 1. The van der Waals surface area contributed by atoms with Crippen molar-refractivity contribution in [3.05, 3.63) is 77.8 Å². The maximum Gasteiger partial charge on any atom is 0.416 e. The van der Waals surface area contributed by atoms with Crippen LogP contribution in [0.25, 0.3) is 0 Å². The maximum atomic E-state index is 13.3. The van der Waals surface area contributed by atoms with E-state index in [0.717, 1.165) is 50.8 Å². The molecule has 1 aliphatic heterocycles. The number of aromatic nitrogens is 2. The molecular weight excluding hydrogens is 549 g/mol. The fraction of sp³-hybridized carbons (Fsp3) is 0.310. The number of rotatable bonds is 8. The molecule has 0 aliphatic carbocycles. The number of amidine groups is 1. The molecule has 13 heteroatoms. The van der Waals surface area contributed by atoms with Crippen LogP contribution in [0.3, 0.4) is 0 Å². The van der Waals surface area contributed by atoms with Crippen molar-refractivity contribution in [2.75, 3.05) is 55.9 Å². The van der Waals surface area contributed by atoms with Crippen molar-refractivity contribution < 1.29 is 22.7 Å². The number of aliphatic imine (C=N–C) groups is 1. The molecule has 1 amide bonds. The number of carbonyl (C=O) groups is 1. The number of nitrogens with one attached hydrogen (secondary N) is 2. The molecule has 0 unspecified atom stereocenters. The van der Waals surface area contributed by atoms with Crippen LogP contribution in [0.5, 0.6) is 5.75 Å². The van der Waals surface area contributed by atoms with Gasteiger partial charge in [-0.25, -0.2) is 15.0 Å². The Bertz CT molecular complexity index is 1490. The van der Waals surface area contributed by atoms with Gasteiger partial charge in [0.05, 0.1) is 35.9 Å². The highest BCUT2D eigenvalue weighted by Gasteiger charge is 2.31. The summed E-state index contributed by atoms with van der Waals surface area (Å²) in [6, 6.07) is 7.58. The van der Waals surface area contributed by atoms with Crippen LogP contribution < -0.4 is 26.0 Å². The first-order valence-electron chi connectivity index (χ1n) is 13.2. The molecule has 1 aliphatic rings. The van der Waals surface area contributed by atoms with E-state index in [2.05, 4.69) is 44.0 Å². The van der Waals surface area contributed by atoms with Crippen LogP contribution in [0.4, 0.5) is 36.2 Å². The van der Waals surface area contributed by atoms with Gasteiger partial charge in [0.2, 0.25) is 5.95 Å². The van der Waals surface area contributed by atoms with Crippen LogP contribution in [0.15, 0.2) is 60.4 Å². The van der Waals surface area contributed by atoms with Crippen molar-refractivity contribution in [3.8, 4) is 5.75 Å². The second kappa shape index (κ2) is 12.9. The molecule has 0 atom stereocenters. The van der Waals surface area contributed by atoms with E-state index in [-0.39, 0.29) is 22.8 Å². The number of methoxy groups -OCH3 is 1. The van der Waals surface area contributed by atoms with Crippen LogP contribution in [-0.2, 0) is 6.18 Å². The average Bonchev–Trinajstić information content (AvgIpc) is 3.18. The third-order valence-electron chi connectivity index (χ3n) is 6.77. The molecular formula is C29H33F3N8O2. The molecule has 222 valence electrons. The first-order valence-corrected chi connectivity index (χ1v) is 13.2. The Hall–Kier alpha value is -4.65. The highest BCUT2D eigenvalue weighted by atomic mass is 19.4. The Labute approximate surface area is 242 Å². The van der Waals surface area contributed by atoms with Gasteiger partial charge in [-0.1, -0.05) is 12.6 Å². The number of hydrogen-bond acceptors (Lipinski definition) is 8. The largest absolute Gasteiger partial charge is 0.495 e. The number of alkyl halides is 3. The molecule has 4 N–H and O–H groups in total. The van der Waals surface area contributed by atoms with Gasteiger partial charge in [-0.05, 0) is 69.0 Å². The first-order chi connectivity index (χ1) is 20.0. The molecule has 0 spiro atoms. The lowest BCUT2D eigenvalue weighted by Crippen LogP contribution is -2.31. The molecule has 1 saturated heterocycles. The van der Waals surface area contributed by atoms with E-state index in [1.54, 1.807) is 25.3 Å². The SMILES string of the molecule is C=CNc1cnc(N2CCCN(C)CC2)nc1C(N)=Nc1cc(C(=O)Nc2cc(C(F)(F)F)ccc2OC)ccc1C. The zero-order chi connectivity index (χ0) is 30.4. The maximum absolute atomic E-state index is 13.3. The van der Waals surface area contributed by atoms with Gasteiger partial charge in [-0.15, -0.1) is 0 Å². The number of hydrogen-bond donors (Lipinski definition) is 3. The van der Waals surface area contributed by atoms with Gasteiger partial charge in [-0.3, -0.25) is 4.79 Å². The van der Waals surface area contributed by atoms with Gasteiger partial charge >= 0.3 is 6.18 Å². The molecule has 42 heavy (non-hydrogen) atoms. The predicted molar refractivity (Wildman–Crippen MR) is 158 cm³/mol. The van der Waals surface area contributed by atoms with E-state index in [0.29, 0.717) is 28.6 Å². The summed E-state index contributed by atoms with van der Waals surface area (Å²) in [7, 11) is 3.38. The van der Waals surface area contributed by atoms with Crippen molar-refractivity contribution in [2.24, 2.45) is 10.7 Å². The lowest BCUT2D eigenvalue weighted by Gasteiger charge is -2.21. The van der Waals surface area contributed by atoms with Gasteiger partial charge in [0, 0.05) is 25.2 Å². The summed E-state index contributed by atoms with van der Waals surface area (Å²) in [6.07, 6.45) is -0.519. The number of nitrogens with zero attached hydrogens (tertiary/aromatic N) is 5. The van der Waals surface area contributed by atoms with Gasteiger partial charge in [0.1, 0.15) is 11.4 Å². The molecule has 2 aromatic carbocycles. The normalized spacial score (nSPS) is 14.7. The molecule has 1 aromatic heterocycles. The number of benzene rings is 2. The Morgan fingerprint density at radius 2 is 1.93 bits per heavy atom. The number of likely N-dealkylation sites (N-methyl/N-ethyl adjacent to an activating group) is 1. The summed E-state index contributed by atoms with van der Waals surface area (Å²) in [4.78, 5) is 31.2. The molecule has 0 bridgehead atoms. The van der Waals surface area contributed by atoms with Crippen LogP contribution in [0.1, 0.15) is 33.6 Å². The predicted octanol–water partition coefficient (Wildman–Crippen LogP) is 4.80. The Morgan fingerprint density at radius 3 is 2.64 bits per heavy atom. The molecule has 10 nitrogen and oxygen atoms in total. The van der Waals surface area contributed by atoms with E-state index in [4.69, 9.17) is 15.5 Å². The van der Waals surface area contributed by atoms with Gasteiger partial charge in [0.15, 0.2) is 5.84 Å². The second-order valence-corrected chi connectivity index (χ2v) is 9.79. The van der Waals surface area contributed by atoms with E-state index >= 15 is 0 Å². The topological polar surface area (TPSA) is 121 Å². The highest BCUT2D eigenvalue weighted by molar-refractivity contribution is 6.06. The fourth-order valence-electron chi connectivity index (χ4n) is 4.41. The standard InChI is InChI=1S/C29H33F3N8O2/c1-5-34-23-17-35-28(40-12-6-11-39(3)13-14-40)38-25(23)26(33)36-21-15-19(8-7-18(21)2)27(41)37-22-16-20(29(30,31)32)9-10-24(22)42-4/h5,7-10,15-17,34H,1,6,11-14H2,2-4H3,(H2,33,36)(H,37,41). The van der Waals surface area contributed by atoms with Crippen molar-refractivity contribution in [1.82, 2.24) is 14.9 Å².